The van der Waals surface area contributed by atoms with Crippen molar-refractivity contribution in [1.82, 2.24) is 4.98 Å². The monoisotopic (exact) mass is 330 g/mol. The zero-order valence-corrected chi connectivity index (χ0v) is 13.2. The van der Waals surface area contributed by atoms with E-state index in [0.717, 1.165) is 17.3 Å². The molecule has 0 spiro atoms. The van der Waals surface area contributed by atoms with E-state index in [-0.39, 0.29) is 5.60 Å². The van der Waals surface area contributed by atoms with Crippen LogP contribution in [-0.2, 0) is 4.74 Å². The van der Waals surface area contributed by atoms with Crippen molar-refractivity contribution < 1.29 is 9.13 Å². The van der Waals surface area contributed by atoms with Crippen LogP contribution in [0.2, 0.25) is 0 Å². The molecule has 1 aromatic rings. The van der Waals surface area contributed by atoms with Crippen LogP contribution in [0.25, 0.3) is 0 Å². The number of aromatic nitrogens is 1. The Kier molecular flexibility index (Phi) is 4.46. The first-order chi connectivity index (χ1) is 8.87. The van der Waals surface area contributed by atoms with Gasteiger partial charge < -0.3 is 9.64 Å². The fourth-order valence-corrected chi connectivity index (χ4v) is 2.27. The Hall–Kier alpha value is -0.680. The fraction of sp³-hybridized carbons (Fsp3) is 0.643. The number of halogens is 2. The van der Waals surface area contributed by atoms with Crippen LogP contribution in [0, 0.1) is 5.95 Å². The lowest BCUT2D eigenvalue weighted by molar-refractivity contribution is 0.00121. The van der Waals surface area contributed by atoms with Crippen LogP contribution in [0.1, 0.15) is 33.6 Å². The minimum Gasteiger partial charge on any atom is -0.374 e. The molecule has 19 heavy (non-hydrogen) atoms. The number of hydrogen-bond acceptors (Lipinski definition) is 3. The lowest BCUT2D eigenvalue weighted by Crippen LogP contribution is -2.33. The number of hydrogen-bond donors (Lipinski definition) is 0. The second-order valence-corrected chi connectivity index (χ2v) is 6.76. The minimum atomic E-state index is -0.411. The number of rotatable bonds is 5. The maximum atomic E-state index is 13.9. The minimum absolute atomic E-state index is 0.163. The van der Waals surface area contributed by atoms with Gasteiger partial charge in [-0.15, -0.1) is 0 Å². The SMILES string of the molecule is CC(C)(C)OCCN(c1cc(Br)cnc1F)C1CC1. The lowest BCUT2D eigenvalue weighted by Gasteiger charge is -2.27. The van der Waals surface area contributed by atoms with Crippen molar-refractivity contribution in [2.45, 2.75) is 45.3 Å². The van der Waals surface area contributed by atoms with E-state index >= 15 is 0 Å². The molecule has 1 aromatic heterocycles. The number of pyridine rings is 1. The highest BCUT2D eigenvalue weighted by molar-refractivity contribution is 9.10. The molecule has 0 aliphatic heterocycles. The molecule has 1 aliphatic rings. The van der Waals surface area contributed by atoms with E-state index in [1.165, 1.54) is 6.20 Å². The second kappa shape index (κ2) is 5.75. The molecule has 0 aromatic carbocycles. The molecule has 3 nitrogen and oxygen atoms in total. The average Bonchev–Trinajstić information content (AvgIpc) is 3.11. The predicted octanol–water partition coefficient (Wildman–Crippen LogP) is 3.77. The van der Waals surface area contributed by atoms with Crippen molar-refractivity contribution in [1.29, 1.82) is 0 Å². The van der Waals surface area contributed by atoms with Crippen LogP contribution in [-0.4, -0.2) is 29.8 Å². The van der Waals surface area contributed by atoms with Crippen LogP contribution in [0.3, 0.4) is 0 Å². The summed E-state index contributed by atoms with van der Waals surface area (Å²) in [6, 6.07) is 2.21. The van der Waals surface area contributed by atoms with Gasteiger partial charge in [0, 0.05) is 23.3 Å². The van der Waals surface area contributed by atoms with Crippen molar-refractivity contribution in [2.75, 3.05) is 18.1 Å². The average molecular weight is 331 g/mol. The van der Waals surface area contributed by atoms with Crippen LogP contribution in [0.4, 0.5) is 10.1 Å². The Balaban J connectivity index is 2.05. The first-order valence-corrected chi connectivity index (χ1v) is 7.38. The second-order valence-electron chi connectivity index (χ2n) is 5.85. The quantitative estimate of drug-likeness (QED) is 0.768. The van der Waals surface area contributed by atoms with Crippen molar-refractivity contribution >= 4 is 21.6 Å². The zero-order chi connectivity index (χ0) is 14.0. The number of nitrogens with zero attached hydrogens (tertiary/aromatic N) is 2. The van der Waals surface area contributed by atoms with Crippen LogP contribution in [0.15, 0.2) is 16.7 Å². The molecule has 0 atom stereocenters. The van der Waals surface area contributed by atoms with Gasteiger partial charge in [-0.3, -0.25) is 0 Å². The third-order valence-corrected chi connectivity index (χ3v) is 3.39. The molecule has 0 radical (unpaired) electrons. The van der Waals surface area contributed by atoms with Gasteiger partial charge in [0.1, 0.15) is 0 Å². The summed E-state index contributed by atoms with van der Waals surface area (Å²) in [5.74, 6) is -0.411. The molecule has 1 saturated carbocycles. The van der Waals surface area contributed by atoms with Crippen molar-refractivity contribution in [3.05, 3.63) is 22.7 Å². The highest BCUT2D eigenvalue weighted by atomic mass is 79.9. The maximum absolute atomic E-state index is 13.9. The summed E-state index contributed by atoms with van der Waals surface area (Å²) in [5, 5.41) is 0. The van der Waals surface area contributed by atoms with Crippen molar-refractivity contribution in [2.24, 2.45) is 0 Å². The van der Waals surface area contributed by atoms with E-state index in [0.29, 0.717) is 24.9 Å². The van der Waals surface area contributed by atoms with Gasteiger partial charge in [0.2, 0.25) is 5.95 Å². The largest absolute Gasteiger partial charge is 0.374 e. The van der Waals surface area contributed by atoms with Gasteiger partial charge in [-0.2, -0.15) is 4.39 Å². The Morgan fingerprint density at radius 3 is 2.74 bits per heavy atom. The Morgan fingerprint density at radius 2 is 2.16 bits per heavy atom. The smallest absolute Gasteiger partial charge is 0.236 e. The number of anilines is 1. The van der Waals surface area contributed by atoms with Crippen LogP contribution in [0.5, 0.6) is 0 Å². The topological polar surface area (TPSA) is 25.4 Å². The summed E-state index contributed by atoms with van der Waals surface area (Å²) in [6.45, 7) is 7.35. The van der Waals surface area contributed by atoms with E-state index in [1.807, 2.05) is 20.8 Å². The highest BCUT2D eigenvalue weighted by Crippen LogP contribution is 2.33. The molecule has 106 valence electrons. The molecular weight excluding hydrogens is 311 g/mol. The van der Waals surface area contributed by atoms with E-state index in [1.54, 1.807) is 6.07 Å². The molecule has 0 saturated heterocycles. The van der Waals surface area contributed by atoms with Gasteiger partial charge in [0.25, 0.3) is 0 Å². The molecule has 1 heterocycles. The standard InChI is InChI=1S/C14H20BrFN2O/c1-14(2,3)19-7-6-18(11-4-5-11)12-8-10(15)9-17-13(12)16/h8-9,11H,4-7H2,1-3H3. The van der Waals surface area contributed by atoms with E-state index in [9.17, 15) is 4.39 Å². The van der Waals surface area contributed by atoms with E-state index in [4.69, 9.17) is 4.74 Å². The molecule has 0 unspecified atom stereocenters. The Labute approximate surface area is 122 Å². The van der Waals surface area contributed by atoms with Crippen LogP contribution >= 0.6 is 15.9 Å². The van der Waals surface area contributed by atoms with Gasteiger partial charge in [-0.1, -0.05) is 0 Å². The number of ether oxygens (including phenoxy) is 1. The van der Waals surface area contributed by atoms with E-state index in [2.05, 4.69) is 25.8 Å². The predicted molar refractivity (Wildman–Crippen MR) is 78.0 cm³/mol. The summed E-state index contributed by atoms with van der Waals surface area (Å²) in [7, 11) is 0. The molecule has 0 amide bonds. The molecular formula is C14H20BrFN2O. The molecule has 2 rings (SSSR count). The Bertz CT molecular complexity index is 444. The molecule has 1 aliphatic carbocycles. The van der Waals surface area contributed by atoms with Gasteiger partial charge >= 0.3 is 0 Å². The van der Waals surface area contributed by atoms with Gasteiger partial charge in [0.05, 0.1) is 17.9 Å². The first kappa shape index (κ1) is 14.7. The summed E-state index contributed by atoms with van der Waals surface area (Å²) in [6.07, 6.45) is 3.71. The van der Waals surface area contributed by atoms with Gasteiger partial charge in [-0.25, -0.2) is 4.98 Å². The van der Waals surface area contributed by atoms with Gasteiger partial charge in [-0.05, 0) is 55.6 Å². The molecule has 0 N–H and O–H groups in total. The normalized spacial score (nSPS) is 15.6. The van der Waals surface area contributed by atoms with Crippen molar-refractivity contribution in [3.63, 3.8) is 0 Å². The molecule has 1 fully saturated rings. The lowest BCUT2D eigenvalue weighted by atomic mass is 10.2. The zero-order valence-electron chi connectivity index (χ0n) is 11.6. The summed E-state index contributed by atoms with van der Waals surface area (Å²) in [4.78, 5) is 5.84. The third-order valence-electron chi connectivity index (χ3n) is 2.95. The van der Waals surface area contributed by atoms with Gasteiger partial charge in [0.15, 0.2) is 0 Å². The third kappa shape index (κ3) is 4.42. The van der Waals surface area contributed by atoms with Crippen molar-refractivity contribution in [3.8, 4) is 0 Å². The van der Waals surface area contributed by atoms with Crippen LogP contribution < -0.4 is 4.90 Å². The summed E-state index contributed by atoms with van der Waals surface area (Å²) >= 11 is 3.35. The first-order valence-electron chi connectivity index (χ1n) is 6.58. The van der Waals surface area contributed by atoms with E-state index < -0.39 is 5.95 Å². The summed E-state index contributed by atoms with van der Waals surface area (Å²) < 4.78 is 20.4. The molecule has 0 bridgehead atoms. The Morgan fingerprint density at radius 1 is 1.47 bits per heavy atom. The molecule has 5 heteroatoms. The summed E-state index contributed by atoms with van der Waals surface area (Å²) in [5.41, 5.74) is 0.401. The highest BCUT2D eigenvalue weighted by Gasteiger charge is 2.31. The maximum Gasteiger partial charge on any atom is 0.236 e. The fourth-order valence-electron chi connectivity index (χ4n) is 1.95.